The zero-order valence-electron chi connectivity index (χ0n) is 17.2. The molecule has 0 unspecified atom stereocenters. The zero-order chi connectivity index (χ0) is 21.6. The summed E-state index contributed by atoms with van der Waals surface area (Å²) in [6, 6.07) is 21.5. The van der Waals surface area contributed by atoms with E-state index >= 15 is 0 Å². The van der Waals surface area contributed by atoms with Gasteiger partial charge in [0.1, 0.15) is 5.75 Å². The van der Waals surface area contributed by atoms with Crippen molar-refractivity contribution in [3.63, 3.8) is 0 Å². The Morgan fingerprint density at radius 1 is 0.900 bits per heavy atom. The van der Waals surface area contributed by atoms with E-state index in [9.17, 15) is 9.90 Å². The number of hydrogen-bond donors (Lipinski definition) is 2. The maximum atomic E-state index is 12.3. The van der Waals surface area contributed by atoms with Gasteiger partial charge in [-0.15, -0.1) is 0 Å². The molecule has 6 heteroatoms. The third-order valence-electron chi connectivity index (χ3n) is 4.43. The lowest BCUT2D eigenvalue weighted by Gasteiger charge is -2.18. The maximum Gasteiger partial charge on any atom is 0.271 e. The van der Waals surface area contributed by atoms with E-state index in [4.69, 9.17) is 0 Å². The lowest BCUT2D eigenvalue weighted by molar-refractivity contribution is 0.0955. The fourth-order valence-corrected chi connectivity index (χ4v) is 2.66. The number of aromatic hydroxyl groups is 1. The van der Waals surface area contributed by atoms with Gasteiger partial charge in [-0.3, -0.25) is 4.79 Å². The Kier molecular flexibility index (Phi) is 6.37. The van der Waals surface area contributed by atoms with Crippen LogP contribution in [-0.4, -0.2) is 17.2 Å². The molecular formula is C24H24N4O2. The summed E-state index contributed by atoms with van der Waals surface area (Å²) in [4.78, 5) is 12.3. The van der Waals surface area contributed by atoms with E-state index in [1.807, 2.05) is 42.5 Å². The molecule has 3 rings (SSSR count). The van der Waals surface area contributed by atoms with E-state index in [0.29, 0.717) is 16.8 Å². The van der Waals surface area contributed by atoms with Crippen LogP contribution in [0.1, 0.15) is 42.3 Å². The summed E-state index contributed by atoms with van der Waals surface area (Å²) >= 11 is 0. The van der Waals surface area contributed by atoms with Crippen molar-refractivity contribution in [1.82, 2.24) is 5.43 Å². The molecule has 0 aliphatic rings. The second-order valence-corrected chi connectivity index (χ2v) is 7.81. The molecule has 1 amide bonds. The van der Waals surface area contributed by atoms with E-state index in [0.717, 1.165) is 11.3 Å². The second-order valence-electron chi connectivity index (χ2n) is 7.81. The topological polar surface area (TPSA) is 86.4 Å². The predicted octanol–water partition coefficient (Wildman–Crippen LogP) is 5.87. The Labute approximate surface area is 176 Å². The van der Waals surface area contributed by atoms with Gasteiger partial charge in [0.05, 0.1) is 17.6 Å². The molecule has 0 atom stereocenters. The fraction of sp³-hybridized carbons (Fsp3) is 0.167. The summed E-state index contributed by atoms with van der Waals surface area (Å²) in [6.45, 7) is 6.35. The Morgan fingerprint density at radius 2 is 1.57 bits per heavy atom. The molecule has 0 heterocycles. The smallest absolute Gasteiger partial charge is 0.271 e. The van der Waals surface area contributed by atoms with Crippen LogP contribution in [0.25, 0.3) is 0 Å². The normalized spacial score (nSPS) is 11.8. The van der Waals surface area contributed by atoms with Crippen LogP contribution in [0.15, 0.2) is 88.1 Å². The van der Waals surface area contributed by atoms with Crippen molar-refractivity contribution >= 4 is 23.5 Å². The highest BCUT2D eigenvalue weighted by atomic mass is 16.3. The van der Waals surface area contributed by atoms with Crippen LogP contribution in [-0.2, 0) is 5.41 Å². The minimum atomic E-state index is -0.328. The second kappa shape index (κ2) is 9.13. The average molecular weight is 400 g/mol. The fourth-order valence-electron chi connectivity index (χ4n) is 2.66. The predicted molar refractivity (Wildman–Crippen MR) is 119 cm³/mol. The van der Waals surface area contributed by atoms with Gasteiger partial charge in [-0.05, 0) is 53.4 Å². The minimum Gasteiger partial charge on any atom is -0.507 e. The zero-order valence-corrected chi connectivity index (χ0v) is 17.2. The van der Waals surface area contributed by atoms with E-state index < -0.39 is 0 Å². The standard InChI is InChI=1S/C24H24N4O2/c1-24(2,3)19-11-9-17(10-12-19)23(30)28-25-16-18-15-21(13-14-22(18)29)27-26-20-7-5-4-6-8-20/h4-16,29H,1-3H3,(H,28,30). The van der Waals surface area contributed by atoms with Crippen molar-refractivity contribution in [1.29, 1.82) is 0 Å². The Morgan fingerprint density at radius 3 is 2.23 bits per heavy atom. The van der Waals surface area contributed by atoms with E-state index in [-0.39, 0.29) is 17.1 Å². The van der Waals surface area contributed by atoms with Crippen LogP contribution in [0.3, 0.4) is 0 Å². The van der Waals surface area contributed by atoms with Crippen molar-refractivity contribution in [3.8, 4) is 5.75 Å². The number of hydrazone groups is 1. The lowest BCUT2D eigenvalue weighted by Crippen LogP contribution is -2.18. The van der Waals surface area contributed by atoms with Gasteiger partial charge in [0.2, 0.25) is 0 Å². The van der Waals surface area contributed by atoms with Crippen LogP contribution >= 0.6 is 0 Å². The summed E-state index contributed by atoms with van der Waals surface area (Å²) in [7, 11) is 0. The molecule has 3 aromatic carbocycles. The molecule has 0 aliphatic carbocycles. The van der Waals surface area contributed by atoms with Gasteiger partial charge in [-0.2, -0.15) is 15.3 Å². The number of nitrogens with zero attached hydrogens (tertiary/aromatic N) is 3. The molecule has 2 N–H and O–H groups in total. The molecule has 0 fully saturated rings. The van der Waals surface area contributed by atoms with Gasteiger partial charge in [0.25, 0.3) is 5.91 Å². The Bertz CT molecular complexity index is 1070. The molecule has 0 aliphatic heterocycles. The van der Waals surface area contributed by atoms with Gasteiger partial charge in [-0.1, -0.05) is 51.1 Å². The minimum absolute atomic E-state index is 0.0214. The number of hydrogen-bond acceptors (Lipinski definition) is 5. The number of phenolic OH excluding ortho intramolecular Hbond substituents is 1. The van der Waals surface area contributed by atoms with Crippen molar-refractivity contribution in [2.75, 3.05) is 0 Å². The molecule has 0 saturated heterocycles. The molecule has 0 bridgehead atoms. The molecule has 3 aromatic rings. The van der Waals surface area contributed by atoms with Crippen LogP contribution in [0.5, 0.6) is 5.75 Å². The largest absolute Gasteiger partial charge is 0.507 e. The Hall–Kier alpha value is -3.80. The van der Waals surface area contributed by atoms with Crippen molar-refractivity contribution in [3.05, 3.63) is 89.5 Å². The molecule has 0 saturated carbocycles. The third-order valence-corrected chi connectivity index (χ3v) is 4.43. The molecule has 0 spiro atoms. The third kappa shape index (κ3) is 5.61. The van der Waals surface area contributed by atoms with Crippen molar-refractivity contribution < 1.29 is 9.90 Å². The SMILES string of the molecule is CC(C)(C)c1ccc(C(=O)NN=Cc2cc(N=Nc3ccccc3)ccc2O)cc1. The highest BCUT2D eigenvalue weighted by Crippen LogP contribution is 2.24. The number of azo groups is 1. The van der Waals surface area contributed by atoms with Crippen LogP contribution in [0, 0.1) is 0 Å². The summed E-state index contributed by atoms with van der Waals surface area (Å²) in [5, 5.41) is 22.3. The number of rotatable bonds is 5. The number of carbonyl (C=O) groups excluding carboxylic acids is 1. The number of carbonyl (C=O) groups is 1. The van der Waals surface area contributed by atoms with E-state index in [1.165, 1.54) is 12.3 Å². The van der Waals surface area contributed by atoms with E-state index in [1.54, 1.807) is 24.3 Å². The molecule has 152 valence electrons. The van der Waals surface area contributed by atoms with Gasteiger partial charge >= 0.3 is 0 Å². The molecule has 30 heavy (non-hydrogen) atoms. The highest BCUT2D eigenvalue weighted by Gasteiger charge is 2.14. The molecular weight excluding hydrogens is 376 g/mol. The summed E-state index contributed by atoms with van der Waals surface area (Å²) in [5.41, 5.74) is 5.86. The van der Waals surface area contributed by atoms with Crippen LogP contribution in [0.2, 0.25) is 0 Å². The number of amides is 1. The highest BCUT2D eigenvalue weighted by molar-refractivity contribution is 5.95. The first-order valence-corrected chi connectivity index (χ1v) is 9.57. The van der Waals surface area contributed by atoms with Gasteiger partial charge < -0.3 is 5.11 Å². The van der Waals surface area contributed by atoms with Gasteiger partial charge in [0, 0.05) is 11.1 Å². The molecule has 6 nitrogen and oxygen atoms in total. The first-order valence-electron chi connectivity index (χ1n) is 9.57. The number of nitrogens with one attached hydrogen (secondary N) is 1. The number of benzene rings is 3. The average Bonchev–Trinajstić information content (AvgIpc) is 2.74. The Balaban J connectivity index is 1.67. The van der Waals surface area contributed by atoms with Gasteiger partial charge in [0.15, 0.2) is 0 Å². The maximum absolute atomic E-state index is 12.3. The summed E-state index contributed by atoms with van der Waals surface area (Å²) < 4.78 is 0. The monoisotopic (exact) mass is 400 g/mol. The number of phenols is 1. The molecule has 0 aromatic heterocycles. The lowest BCUT2D eigenvalue weighted by atomic mass is 9.87. The van der Waals surface area contributed by atoms with Crippen molar-refractivity contribution in [2.24, 2.45) is 15.3 Å². The van der Waals surface area contributed by atoms with E-state index in [2.05, 4.69) is 41.5 Å². The quantitative estimate of drug-likeness (QED) is 0.319. The first kappa shape index (κ1) is 20.9. The first-order chi connectivity index (χ1) is 14.3. The van der Waals surface area contributed by atoms with Crippen LogP contribution in [0.4, 0.5) is 11.4 Å². The van der Waals surface area contributed by atoms with Crippen LogP contribution < -0.4 is 5.43 Å². The van der Waals surface area contributed by atoms with Gasteiger partial charge in [-0.25, -0.2) is 5.43 Å². The molecule has 0 radical (unpaired) electrons. The summed E-state index contributed by atoms with van der Waals surface area (Å²) in [6.07, 6.45) is 1.37. The summed E-state index contributed by atoms with van der Waals surface area (Å²) in [5.74, 6) is -0.299. The van der Waals surface area contributed by atoms with Crippen molar-refractivity contribution in [2.45, 2.75) is 26.2 Å².